The fraction of sp³-hybridized carbons (Fsp3) is 0.471. The van der Waals surface area contributed by atoms with Crippen LogP contribution in [0.5, 0.6) is 0 Å². The van der Waals surface area contributed by atoms with Crippen LogP contribution in [0.3, 0.4) is 0 Å². The first-order chi connectivity index (χ1) is 12.0. The molecule has 2 aromatic heterocycles. The maximum absolute atomic E-state index is 12.9. The Balaban J connectivity index is 1.42. The standard InChI is InChI=1S/C17H21N3O3S2/c21-17(16-15(3-11-24-16)19-5-1-2-6-19)20-9-7-18(8-10-20)14-4-12-25(22,23)13-14/h1-3,5-6,11,14H,4,7-10,12-13H2/t14-/m0/s1. The second-order valence-electron chi connectivity index (χ2n) is 6.61. The van der Waals surface area contributed by atoms with Gasteiger partial charge in [0.1, 0.15) is 4.88 Å². The zero-order valence-corrected chi connectivity index (χ0v) is 15.5. The average molecular weight is 380 g/mol. The number of sulfone groups is 1. The van der Waals surface area contributed by atoms with Gasteiger partial charge in [0.2, 0.25) is 0 Å². The van der Waals surface area contributed by atoms with Crippen LogP contribution in [-0.4, -0.2) is 72.4 Å². The highest BCUT2D eigenvalue weighted by molar-refractivity contribution is 7.91. The normalized spacial score (nSPS) is 23.8. The van der Waals surface area contributed by atoms with Crippen molar-refractivity contribution in [3.8, 4) is 5.69 Å². The SMILES string of the molecule is O=C(c1sccc1-n1cccc1)N1CCN([C@H]2CCS(=O)(=O)C2)CC1. The van der Waals surface area contributed by atoms with Crippen molar-refractivity contribution < 1.29 is 13.2 Å². The van der Waals surface area contributed by atoms with E-state index in [4.69, 9.17) is 0 Å². The third-order valence-electron chi connectivity index (χ3n) is 5.05. The summed E-state index contributed by atoms with van der Waals surface area (Å²) in [7, 11) is -2.86. The molecular formula is C17H21N3O3S2. The topological polar surface area (TPSA) is 62.6 Å². The Morgan fingerprint density at radius 3 is 2.48 bits per heavy atom. The van der Waals surface area contributed by atoms with Gasteiger partial charge in [-0.3, -0.25) is 9.69 Å². The molecule has 0 radical (unpaired) electrons. The van der Waals surface area contributed by atoms with Crippen molar-refractivity contribution in [3.05, 3.63) is 40.8 Å². The average Bonchev–Trinajstić information content (AvgIpc) is 3.34. The summed E-state index contributed by atoms with van der Waals surface area (Å²) in [5.41, 5.74) is 0.921. The summed E-state index contributed by atoms with van der Waals surface area (Å²) in [6.45, 7) is 2.79. The van der Waals surface area contributed by atoms with E-state index in [-0.39, 0.29) is 17.7 Å². The Morgan fingerprint density at radius 1 is 1.12 bits per heavy atom. The van der Waals surface area contributed by atoms with Crippen molar-refractivity contribution >= 4 is 27.1 Å². The van der Waals surface area contributed by atoms with Gasteiger partial charge in [-0.05, 0) is 30.0 Å². The summed E-state index contributed by atoms with van der Waals surface area (Å²) in [6, 6.07) is 5.98. The number of aromatic nitrogens is 1. The minimum absolute atomic E-state index is 0.0670. The number of hydrogen-bond acceptors (Lipinski definition) is 5. The molecule has 0 spiro atoms. The molecule has 4 heterocycles. The van der Waals surface area contributed by atoms with E-state index < -0.39 is 9.84 Å². The number of thiophene rings is 1. The van der Waals surface area contributed by atoms with Crippen LogP contribution in [0.25, 0.3) is 5.69 Å². The van der Waals surface area contributed by atoms with Gasteiger partial charge in [0, 0.05) is 44.6 Å². The lowest BCUT2D eigenvalue weighted by Crippen LogP contribution is -2.52. The number of carbonyl (C=O) groups is 1. The highest BCUT2D eigenvalue weighted by Crippen LogP contribution is 2.25. The summed E-state index contributed by atoms with van der Waals surface area (Å²) >= 11 is 1.47. The molecule has 1 amide bonds. The van der Waals surface area contributed by atoms with Crippen molar-refractivity contribution in [3.63, 3.8) is 0 Å². The molecule has 0 unspecified atom stereocenters. The van der Waals surface area contributed by atoms with E-state index in [0.717, 1.165) is 30.1 Å². The second kappa shape index (κ2) is 6.59. The maximum atomic E-state index is 12.9. The summed E-state index contributed by atoms with van der Waals surface area (Å²) in [5, 5.41) is 1.95. The molecule has 0 saturated carbocycles. The Morgan fingerprint density at radius 2 is 1.84 bits per heavy atom. The van der Waals surface area contributed by atoms with Gasteiger partial charge >= 0.3 is 0 Å². The molecule has 2 aliphatic heterocycles. The largest absolute Gasteiger partial charge is 0.335 e. The van der Waals surface area contributed by atoms with Gasteiger partial charge in [0.15, 0.2) is 9.84 Å². The van der Waals surface area contributed by atoms with Crippen LogP contribution in [0.1, 0.15) is 16.1 Å². The van der Waals surface area contributed by atoms with Gasteiger partial charge in [-0.1, -0.05) is 0 Å². The Hall–Kier alpha value is -1.64. The van der Waals surface area contributed by atoms with Crippen molar-refractivity contribution in [2.45, 2.75) is 12.5 Å². The highest BCUT2D eigenvalue weighted by Gasteiger charge is 2.34. The Labute approximate surface area is 151 Å². The van der Waals surface area contributed by atoms with Crippen molar-refractivity contribution in [2.24, 2.45) is 0 Å². The van der Waals surface area contributed by atoms with Crippen molar-refractivity contribution in [1.29, 1.82) is 0 Å². The predicted molar refractivity (Wildman–Crippen MR) is 98.2 cm³/mol. The van der Waals surface area contributed by atoms with Gasteiger partial charge in [0.05, 0.1) is 17.2 Å². The lowest BCUT2D eigenvalue weighted by atomic mass is 10.2. The smallest absolute Gasteiger partial charge is 0.266 e. The van der Waals surface area contributed by atoms with Gasteiger partial charge in [-0.15, -0.1) is 11.3 Å². The predicted octanol–water partition coefficient (Wildman–Crippen LogP) is 1.48. The number of carbonyl (C=O) groups excluding carboxylic acids is 1. The molecule has 2 saturated heterocycles. The molecule has 6 nitrogen and oxygen atoms in total. The van der Waals surface area contributed by atoms with Crippen molar-refractivity contribution in [2.75, 3.05) is 37.7 Å². The van der Waals surface area contributed by atoms with Gasteiger partial charge in [-0.25, -0.2) is 8.42 Å². The van der Waals surface area contributed by atoms with E-state index in [1.807, 2.05) is 45.4 Å². The molecule has 0 aliphatic carbocycles. The second-order valence-corrected chi connectivity index (χ2v) is 9.76. The van der Waals surface area contributed by atoms with Crippen LogP contribution in [0.4, 0.5) is 0 Å². The first-order valence-corrected chi connectivity index (χ1v) is 11.2. The highest BCUT2D eigenvalue weighted by atomic mass is 32.2. The minimum Gasteiger partial charge on any atom is -0.335 e. The van der Waals surface area contributed by atoms with E-state index in [0.29, 0.717) is 18.8 Å². The molecule has 8 heteroatoms. The first kappa shape index (κ1) is 16.8. The minimum atomic E-state index is -2.86. The van der Waals surface area contributed by atoms with E-state index in [2.05, 4.69) is 4.90 Å². The van der Waals surface area contributed by atoms with E-state index in [1.54, 1.807) is 0 Å². The third-order valence-corrected chi connectivity index (χ3v) is 7.69. The zero-order valence-electron chi connectivity index (χ0n) is 13.9. The van der Waals surface area contributed by atoms with Crippen LogP contribution in [0.15, 0.2) is 36.0 Å². The van der Waals surface area contributed by atoms with Crippen LogP contribution in [0, 0.1) is 0 Å². The molecule has 0 N–H and O–H groups in total. The summed E-state index contributed by atoms with van der Waals surface area (Å²) in [6.07, 6.45) is 4.60. The molecule has 0 bridgehead atoms. The Bertz CT molecular complexity index is 850. The lowest BCUT2D eigenvalue weighted by molar-refractivity contribution is 0.0592. The molecular weight excluding hydrogens is 358 g/mol. The first-order valence-electron chi connectivity index (χ1n) is 8.48. The molecule has 134 valence electrons. The summed E-state index contributed by atoms with van der Waals surface area (Å²) in [5.74, 6) is 0.632. The molecule has 2 aromatic rings. The lowest BCUT2D eigenvalue weighted by Gasteiger charge is -2.37. The zero-order chi connectivity index (χ0) is 17.4. The molecule has 2 aliphatic rings. The Kier molecular flexibility index (Phi) is 4.43. The monoisotopic (exact) mass is 379 g/mol. The molecule has 1 atom stereocenters. The van der Waals surface area contributed by atoms with Crippen LogP contribution in [0.2, 0.25) is 0 Å². The van der Waals surface area contributed by atoms with E-state index >= 15 is 0 Å². The molecule has 2 fully saturated rings. The van der Waals surface area contributed by atoms with Gasteiger partial charge < -0.3 is 9.47 Å². The summed E-state index contributed by atoms with van der Waals surface area (Å²) in [4.78, 5) is 17.8. The molecule has 25 heavy (non-hydrogen) atoms. The fourth-order valence-electron chi connectivity index (χ4n) is 3.66. The van der Waals surface area contributed by atoms with Crippen LogP contribution < -0.4 is 0 Å². The van der Waals surface area contributed by atoms with Crippen molar-refractivity contribution in [1.82, 2.24) is 14.4 Å². The number of hydrogen-bond donors (Lipinski definition) is 0. The van der Waals surface area contributed by atoms with Gasteiger partial charge in [-0.2, -0.15) is 0 Å². The number of rotatable bonds is 3. The number of amides is 1. The third kappa shape index (κ3) is 3.38. The molecule has 0 aromatic carbocycles. The maximum Gasteiger partial charge on any atom is 0.266 e. The summed E-state index contributed by atoms with van der Waals surface area (Å²) < 4.78 is 25.3. The van der Waals surface area contributed by atoms with Crippen LogP contribution >= 0.6 is 11.3 Å². The quantitative estimate of drug-likeness (QED) is 0.811. The van der Waals surface area contributed by atoms with E-state index in [1.165, 1.54) is 11.3 Å². The van der Waals surface area contributed by atoms with E-state index in [9.17, 15) is 13.2 Å². The van der Waals surface area contributed by atoms with Crippen LogP contribution in [-0.2, 0) is 9.84 Å². The fourth-order valence-corrected chi connectivity index (χ4v) is 6.28. The molecule has 4 rings (SSSR count). The number of piperazine rings is 1. The number of nitrogens with zero attached hydrogens (tertiary/aromatic N) is 3. The van der Waals surface area contributed by atoms with Gasteiger partial charge in [0.25, 0.3) is 5.91 Å².